The Morgan fingerprint density at radius 2 is 2.00 bits per heavy atom. The molecule has 0 bridgehead atoms. The van der Waals surface area contributed by atoms with Crippen molar-refractivity contribution in [3.63, 3.8) is 0 Å². The van der Waals surface area contributed by atoms with Gasteiger partial charge in [0.1, 0.15) is 5.82 Å². The SMILES string of the molecule is CC(C)c1cn(C)c(C(C)N)n1. The van der Waals surface area contributed by atoms with Gasteiger partial charge in [0.15, 0.2) is 0 Å². The first-order chi connectivity index (χ1) is 5.52. The third-order valence-electron chi connectivity index (χ3n) is 1.93. The highest BCUT2D eigenvalue weighted by molar-refractivity contribution is 5.09. The molecule has 1 rings (SSSR count). The van der Waals surface area contributed by atoms with Gasteiger partial charge in [0, 0.05) is 13.2 Å². The molecule has 0 amide bonds. The molecule has 1 heterocycles. The fourth-order valence-corrected chi connectivity index (χ4v) is 1.21. The maximum Gasteiger partial charge on any atom is 0.125 e. The summed E-state index contributed by atoms with van der Waals surface area (Å²) in [7, 11) is 1.98. The van der Waals surface area contributed by atoms with Gasteiger partial charge < -0.3 is 10.3 Å². The van der Waals surface area contributed by atoms with E-state index in [0.29, 0.717) is 5.92 Å². The van der Waals surface area contributed by atoms with Gasteiger partial charge in [-0.2, -0.15) is 0 Å². The largest absolute Gasteiger partial charge is 0.336 e. The third kappa shape index (κ3) is 1.67. The molecule has 1 unspecified atom stereocenters. The van der Waals surface area contributed by atoms with Crippen molar-refractivity contribution in [2.45, 2.75) is 32.7 Å². The van der Waals surface area contributed by atoms with Gasteiger partial charge in [-0.05, 0) is 12.8 Å². The highest BCUT2D eigenvalue weighted by Crippen LogP contribution is 2.15. The smallest absolute Gasteiger partial charge is 0.125 e. The lowest BCUT2D eigenvalue weighted by Gasteiger charge is -2.03. The number of nitrogens with zero attached hydrogens (tertiary/aromatic N) is 2. The molecule has 3 nitrogen and oxygen atoms in total. The molecule has 12 heavy (non-hydrogen) atoms. The average molecular weight is 167 g/mol. The van der Waals surface area contributed by atoms with E-state index in [4.69, 9.17) is 5.73 Å². The fourth-order valence-electron chi connectivity index (χ4n) is 1.21. The molecule has 1 atom stereocenters. The Balaban J connectivity index is 3.00. The molecule has 2 N–H and O–H groups in total. The van der Waals surface area contributed by atoms with Crippen LogP contribution in [0.1, 0.15) is 44.2 Å². The summed E-state index contributed by atoms with van der Waals surface area (Å²) >= 11 is 0. The zero-order valence-electron chi connectivity index (χ0n) is 8.20. The molecule has 0 spiro atoms. The standard InChI is InChI=1S/C9H17N3/c1-6(2)8-5-12(4)9(11-8)7(3)10/h5-7H,10H2,1-4H3. The van der Waals surface area contributed by atoms with Crippen LogP contribution in [0.4, 0.5) is 0 Å². The lowest BCUT2D eigenvalue weighted by molar-refractivity contribution is 0.684. The molecule has 0 aromatic carbocycles. The van der Waals surface area contributed by atoms with E-state index in [1.807, 2.05) is 24.7 Å². The fraction of sp³-hybridized carbons (Fsp3) is 0.667. The van der Waals surface area contributed by atoms with Crippen LogP contribution < -0.4 is 5.73 Å². The predicted molar refractivity (Wildman–Crippen MR) is 49.9 cm³/mol. The van der Waals surface area contributed by atoms with Crippen LogP contribution in [-0.4, -0.2) is 9.55 Å². The summed E-state index contributed by atoms with van der Waals surface area (Å²) in [6.45, 7) is 6.22. The van der Waals surface area contributed by atoms with Gasteiger partial charge in [0.05, 0.1) is 11.7 Å². The van der Waals surface area contributed by atoms with Crippen molar-refractivity contribution in [2.24, 2.45) is 12.8 Å². The number of nitrogens with two attached hydrogens (primary N) is 1. The normalized spacial score (nSPS) is 13.8. The van der Waals surface area contributed by atoms with Crippen molar-refractivity contribution in [1.82, 2.24) is 9.55 Å². The Labute approximate surface area is 73.6 Å². The molecule has 0 saturated carbocycles. The first-order valence-corrected chi connectivity index (χ1v) is 4.31. The van der Waals surface area contributed by atoms with Crippen molar-refractivity contribution in [2.75, 3.05) is 0 Å². The predicted octanol–water partition coefficient (Wildman–Crippen LogP) is 1.56. The summed E-state index contributed by atoms with van der Waals surface area (Å²) in [6, 6.07) is 0.0162. The highest BCUT2D eigenvalue weighted by atomic mass is 15.1. The van der Waals surface area contributed by atoms with Crippen LogP contribution in [0.25, 0.3) is 0 Å². The van der Waals surface area contributed by atoms with Crippen LogP contribution in [0.2, 0.25) is 0 Å². The molecule has 0 aliphatic heterocycles. The Morgan fingerprint density at radius 3 is 2.25 bits per heavy atom. The van der Waals surface area contributed by atoms with Gasteiger partial charge >= 0.3 is 0 Å². The maximum atomic E-state index is 5.74. The second kappa shape index (κ2) is 3.27. The van der Waals surface area contributed by atoms with Crippen LogP contribution in [0.3, 0.4) is 0 Å². The van der Waals surface area contributed by atoms with Crippen LogP contribution in [-0.2, 0) is 7.05 Å². The molecule has 68 valence electrons. The second-order valence-corrected chi connectivity index (χ2v) is 3.58. The van der Waals surface area contributed by atoms with E-state index in [1.54, 1.807) is 0 Å². The van der Waals surface area contributed by atoms with E-state index in [0.717, 1.165) is 11.5 Å². The molecule has 0 aliphatic carbocycles. The maximum absolute atomic E-state index is 5.74. The van der Waals surface area contributed by atoms with Crippen molar-refractivity contribution >= 4 is 0 Å². The van der Waals surface area contributed by atoms with Crippen LogP contribution in [0.15, 0.2) is 6.20 Å². The Bertz CT molecular complexity index is 261. The van der Waals surface area contributed by atoms with Gasteiger partial charge in [-0.15, -0.1) is 0 Å². The molecule has 0 radical (unpaired) electrons. The molecule has 3 heteroatoms. The summed E-state index contributed by atoms with van der Waals surface area (Å²) in [5, 5.41) is 0. The summed E-state index contributed by atoms with van der Waals surface area (Å²) in [5.41, 5.74) is 6.86. The molecule has 1 aromatic heterocycles. The van der Waals surface area contributed by atoms with Gasteiger partial charge in [0.2, 0.25) is 0 Å². The first-order valence-electron chi connectivity index (χ1n) is 4.31. The van der Waals surface area contributed by atoms with Gasteiger partial charge in [-0.1, -0.05) is 13.8 Å². The minimum atomic E-state index is 0.0162. The first kappa shape index (κ1) is 9.26. The minimum absolute atomic E-state index is 0.0162. The summed E-state index contributed by atoms with van der Waals surface area (Å²) in [4.78, 5) is 4.45. The van der Waals surface area contributed by atoms with E-state index in [9.17, 15) is 0 Å². The van der Waals surface area contributed by atoms with Crippen molar-refractivity contribution < 1.29 is 0 Å². The zero-order valence-corrected chi connectivity index (χ0v) is 8.20. The number of imidazole rings is 1. The molecule has 0 fully saturated rings. The van der Waals surface area contributed by atoms with Crippen LogP contribution in [0, 0.1) is 0 Å². The zero-order chi connectivity index (χ0) is 9.30. The van der Waals surface area contributed by atoms with E-state index >= 15 is 0 Å². The average Bonchev–Trinajstić information content (AvgIpc) is 2.30. The van der Waals surface area contributed by atoms with Crippen molar-refractivity contribution in [3.05, 3.63) is 17.7 Å². The van der Waals surface area contributed by atoms with E-state index in [-0.39, 0.29) is 6.04 Å². The second-order valence-electron chi connectivity index (χ2n) is 3.58. The van der Waals surface area contributed by atoms with Crippen LogP contribution >= 0.6 is 0 Å². The lowest BCUT2D eigenvalue weighted by atomic mass is 10.2. The Kier molecular flexibility index (Phi) is 2.52. The number of hydrogen-bond acceptors (Lipinski definition) is 2. The summed E-state index contributed by atoms with van der Waals surface area (Å²) in [6.07, 6.45) is 2.04. The molecule has 0 saturated heterocycles. The Morgan fingerprint density at radius 1 is 1.42 bits per heavy atom. The topological polar surface area (TPSA) is 43.8 Å². The number of hydrogen-bond donors (Lipinski definition) is 1. The Hall–Kier alpha value is -0.830. The molecule has 1 aromatic rings. The van der Waals surface area contributed by atoms with Crippen molar-refractivity contribution in [3.8, 4) is 0 Å². The summed E-state index contributed by atoms with van der Waals surface area (Å²) < 4.78 is 2.00. The van der Waals surface area contributed by atoms with Crippen molar-refractivity contribution in [1.29, 1.82) is 0 Å². The number of aromatic nitrogens is 2. The van der Waals surface area contributed by atoms with Crippen LogP contribution in [0.5, 0.6) is 0 Å². The minimum Gasteiger partial charge on any atom is -0.336 e. The van der Waals surface area contributed by atoms with Gasteiger partial charge in [-0.25, -0.2) is 4.98 Å². The van der Waals surface area contributed by atoms with Gasteiger partial charge in [0.25, 0.3) is 0 Å². The number of aryl methyl sites for hydroxylation is 1. The van der Waals surface area contributed by atoms with Gasteiger partial charge in [-0.3, -0.25) is 0 Å². The number of rotatable bonds is 2. The third-order valence-corrected chi connectivity index (χ3v) is 1.93. The highest BCUT2D eigenvalue weighted by Gasteiger charge is 2.10. The lowest BCUT2D eigenvalue weighted by Crippen LogP contribution is -2.10. The van der Waals surface area contributed by atoms with E-state index < -0.39 is 0 Å². The monoisotopic (exact) mass is 167 g/mol. The molecular weight excluding hydrogens is 150 g/mol. The molecular formula is C9H17N3. The van der Waals surface area contributed by atoms with E-state index in [2.05, 4.69) is 18.8 Å². The molecule has 0 aliphatic rings. The van der Waals surface area contributed by atoms with E-state index in [1.165, 1.54) is 0 Å². The summed E-state index contributed by atoms with van der Waals surface area (Å²) in [5.74, 6) is 1.43. The quantitative estimate of drug-likeness (QED) is 0.726.